The van der Waals surface area contributed by atoms with Crippen LogP contribution in [0.4, 0.5) is 0 Å². The molecule has 1 aromatic carbocycles. The second-order valence-corrected chi connectivity index (χ2v) is 6.75. The summed E-state index contributed by atoms with van der Waals surface area (Å²) >= 11 is 0. The number of pyridine rings is 1. The standard InChI is InChI=1S/C21H23N3O4/c1-23(2)12-13-24-18(15-9-6-7-11-22-15)17(20(26)21(24)27)19(25)14-8-4-5-10-16(14)28-3/h4-11,18,25H,12-13H2,1-3H3/b19-17+. The van der Waals surface area contributed by atoms with Crippen molar-refractivity contribution in [3.63, 3.8) is 0 Å². The van der Waals surface area contributed by atoms with Crippen LogP contribution >= 0.6 is 0 Å². The topological polar surface area (TPSA) is 83.0 Å². The van der Waals surface area contributed by atoms with E-state index in [-0.39, 0.29) is 11.3 Å². The Balaban J connectivity index is 2.16. The van der Waals surface area contributed by atoms with Crippen molar-refractivity contribution in [1.82, 2.24) is 14.8 Å². The number of methoxy groups -OCH3 is 1. The number of ketones is 1. The van der Waals surface area contributed by atoms with Gasteiger partial charge in [0.05, 0.1) is 23.9 Å². The Labute approximate surface area is 163 Å². The third-order valence-corrected chi connectivity index (χ3v) is 4.66. The van der Waals surface area contributed by atoms with Crippen LogP contribution in [-0.4, -0.2) is 65.9 Å². The van der Waals surface area contributed by atoms with Crippen molar-refractivity contribution in [2.45, 2.75) is 6.04 Å². The molecule has 1 N–H and O–H groups in total. The summed E-state index contributed by atoms with van der Waals surface area (Å²) in [5, 5.41) is 11.0. The molecule has 3 rings (SSSR count). The summed E-state index contributed by atoms with van der Waals surface area (Å²) in [4.78, 5) is 33.4. The Morgan fingerprint density at radius 3 is 2.54 bits per heavy atom. The summed E-state index contributed by atoms with van der Waals surface area (Å²) in [6.45, 7) is 0.909. The van der Waals surface area contributed by atoms with E-state index in [0.717, 1.165) is 0 Å². The van der Waals surface area contributed by atoms with Crippen LogP contribution in [0, 0.1) is 0 Å². The van der Waals surface area contributed by atoms with Gasteiger partial charge in [-0.3, -0.25) is 14.6 Å². The molecule has 1 aliphatic rings. The van der Waals surface area contributed by atoms with Gasteiger partial charge < -0.3 is 19.6 Å². The van der Waals surface area contributed by atoms with Gasteiger partial charge in [0.2, 0.25) is 0 Å². The molecule has 0 saturated carbocycles. The van der Waals surface area contributed by atoms with E-state index >= 15 is 0 Å². The Hall–Kier alpha value is -3.19. The van der Waals surface area contributed by atoms with Crippen LogP contribution in [-0.2, 0) is 9.59 Å². The van der Waals surface area contributed by atoms with Gasteiger partial charge in [0, 0.05) is 19.3 Å². The van der Waals surface area contributed by atoms with E-state index in [1.54, 1.807) is 48.7 Å². The number of ether oxygens (including phenoxy) is 1. The van der Waals surface area contributed by atoms with Crippen LogP contribution in [0.1, 0.15) is 17.3 Å². The van der Waals surface area contributed by atoms with Crippen molar-refractivity contribution in [2.75, 3.05) is 34.3 Å². The second-order valence-electron chi connectivity index (χ2n) is 6.75. The highest BCUT2D eigenvalue weighted by Gasteiger charge is 2.46. The number of hydrogen-bond acceptors (Lipinski definition) is 6. The predicted octanol–water partition coefficient (Wildman–Crippen LogP) is 2.07. The van der Waals surface area contributed by atoms with Gasteiger partial charge in [-0.05, 0) is 38.4 Å². The number of aliphatic hydroxyl groups is 1. The second kappa shape index (κ2) is 8.22. The van der Waals surface area contributed by atoms with Crippen molar-refractivity contribution in [3.05, 3.63) is 65.5 Å². The smallest absolute Gasteiger partial charge is 0.295 e. The fourth-order valence-electron chi connectivity index (χ4n) is 3.25. The van der Waals surface area contributed by atoms with Gasteiger partial charge in [-0.1, -0.05) is 18.2 Å². The van der Waals surface area contributed by atoms with Gasteiger partial charge in [-0.25, -0.2) is 0 Å². The molecule has 1 amide bonds. The molecule has 1 fully saturated rings. The van der Waals surface area contributed by atoms with Crippen molar-refractivity contribution in [1.29, 1.82) is 0 Å². The van der Waals surface area contributed by atoms with Gasteiger partial charge in [-0.2, -0.15) is 0 Å². The number of carbonyl (C=O) groups excluding carboxylic acids is 2. The van der Waals surface area contributed by atoms with Crippen LogP contribution in [0.3, 0.4) is 0 Å². The maximum atomic E-state index is 12.9. The average molecular weight is 381 g/mol. The van der Waals surface area contributed by atoms with Crippen LogP contribution in [0.2, 0.25) is 0 Å². The number of aromatic nitrogens is 1. The van der Waals surface area contributed by atoms with Crippen LogP contribution < -0.4 is 4.74 Å². The number of hydrogen-bond donors (Lipinski definition) is 1. The molecule has 2 aromatic rings. The molecule has 1 unspecified atom stereocenters. The monoisotopic (exact) mass is 381 g/mol. The molecular formula is C21H23N3O4. The molecule has 0 spiro atoms. The molecule has 1 atom stereocenters. The van der Waals surface area contributed by atoms with E-state index in [2.05, 4.69) is 4.98 Å². The molecule has 1 saturated heterocycles. The quantitative estimate of drug-likeness (QED) is 0.469. The fourth-order valence-corrected chi connectivity index (χ4v) is 3.25. The normalized spacial score (nSPS) is 18.7. The Morgan fingerprint density at radius 1 is 1.18 bits per heavy atom. The third-order valence-electron chi connectivity index (χ3n) is 4.66. The maximum absolute atomic E-state index is 12.9. The lowest BCUT2D eigenvalue weighted by Gasteiger charge is -2.25. The van der Waals surface area contributed by atoms with E-state index in [9.17, 15) is 14.7 Å². The van der Waals surface area contributed by atoms with E-state index < -0.39 is 17.7 Å². The summed E-state index contributed by atoms with van der Waals surface area (Å²) in [6.07, 6.45) is 1.60. The molecule has 1 aliphatic heterocycles. The van der Waals surface area contributed by atoms with Gasteiger partial charge in [-0.15, -0.1) is 0 Å². The largest absolute Gasteiger partial charge is 0.507 e. The first-order valence-electron chi connectivity index (χ1n) is 8.93. The van der Waals surface area contributed by atoms with Gasteiger partial charge >= 0.3 is 0 Å². The van der Waals surface area contributed by atoms with Gasteiger partial charge in [0.1, 0.15) is 17.6 Å². The van der Waals surface area contributed by atoms with Crippen LogP contribution in [0.5, 0.6) is 5.75 Å². The van der Waals surface area contributed by atoms with E-state index in [0.29, 0.717) is 30.1 Å². The number of amides is 1. The molecule has 146 valence electrons. The average Bonchev–Trinajstić information content (AvgIpc) is 2.97. The van der Waals surface area contributed by atoms with E-state index in [4.69, 9.17) is 4.74 Å². The minimum Gasteiger partial charge on any atom is -0.507 e. The molecule has 0 radical (unpaired) electrons. The first-order chi connectivity index (χ1) is 13.5. The first-order valence-corrected chi connectivity index (χ1v) is 8.93. The van der Waals surface area contributed by atoms with Crippen molar-refractivity contribution in [3.8, 4) is 5.75 Å². The van der Waals surface area contributed by atoms with Gasteiger partial charge in [0.15, 0.2) is 0 Å². The zero-order valence-electron chi connectivity index (χ0n) is 16.1. The highest BCUT2D eigenvalue weighted by atomic mass is 16.5. The third kappa shape index (κ3) is 3.61. The summed E-state index contributed by atoms with van der Waals surface area (Å²) in [7, 11) is 5.26. The minimum absolute atomic E-state index is 0.0203. The number of likely N-dealkylation sites (N-methyl/N-ethyl adjacent to an activating group) is 1. The predicted molar refractivity (Wildman–Crippen MR) is 105 cm³/mol. The molecule has 7 nitrogen and oxygen atoms in total. The summed E-state index contributed by atoms with van der Waals surface area (Å²) < 4.78 is 5.31. The zero-order chi connectivity index (χ0) is 20.3. The van der Waals surface area contributed by atoms with Gasteiger partial charge in [0.25, 0.3) is 11.7 Å². The maximum Gasteiger partial charge on any atom is 0.295 e. The van der Waals surface area contributed by atoms with Crippen LogP contribution in [0.25, 0.3) is 5.76 Å². The zero-order valence-corrected chi connectivity index (χ0v) is 16.1. The lowest BCUT2D eigenvalue weighted by Crippen LogP contribution is -2.35. The van der Waals surface area contributed by atoms with E-state index in [1.165, 1.54) is 12.0 Å². The number of Topliss-reactive ketones (excluding diaryl/α,β-unsaturated/α-hetero) is 1. The molecule has 2 heterocycles. The summed E-state index contributed by atoms with van der Waals surface area (Å²) in [5.74, 6) is -1.22. The molecule has 7 heteroatoms. The van der Waals surface area contributed by atoms with Crippen molar-refractivity contribution >= 4 is 17.4 Å². The molecular weight excluding hydrogens is 358 g/mol. The first kappa shape index (κ1) is 19.6. The van der Waals surface area contributed by atoms with Crippen molar-refractivity contribution in [2.24, 2.45) is 0 Å². The van der Waals surface area contributed by atoms with Crippen LogP contribution in [0.15, 0.2) is 54.2 Å². The highest BCUT2D eigenvalue weighted by molar-refractivity contribution is 6.46. The number of rotatable bonds is 6. The molecule has 0 aliphatic carbocycles. The number of para-hydroxylation sites is 1. The summed E-state index contributed by atoms with van der Waals surface area (Å²) in [6, 6.07) is 11.4. The number of likely N-dealkylation sites (tertiary alicyclic amines) is 1. The Bertz CT molecular complexity index is 909. The minimum atomic E-state index is -0.758. The lowest BCUT2D eigenvalue weighted by molar-refractivity contribution is -0.140. The Kier molecular flexibility index (Phi) is 5.75. The lowest BCUT2D eigenvalue weighted by atomic mass is 9.98. The highest BCUT2D eigenvalue weighted by Crippen LogP contribution is 2.39. The van der Waals surface area contributed by atoms with Crippen molar-refractivity contribution < 1.29 is 19.4 Å². The molecule has 0 bridgehead atoms. The number of aliphatic hydroxyl groups excluding tert-OH is 1. The number of benzene rings is 1. The summed E-state index contributed by atoms with van der Waals surface area (Å²) in [5.41, 5.74) is 0.903. The molecule has 28 heavy (non-hydrogen) atoms. The number of nitrogens with zero attached hydrogens (tertiary/aromatic N) is 3. The molecule has 1 aromatic heterocycles. The van der Waals surface area contributed by atoms with E-state index in [1.807, 2.05) is 19.0 Å². The SMILES string of the molecule is COc1ccccc1/C(O)=C1\C(=O)C(=O)N(CCN(C)C)C1c1ccccn1. The Morgan fingerprint density at radius 2 is 1.89 bits per heavy atom. The fraction of sp³-hybridized carbons (Fsp3) is 0.286. The number of carbonyl (C=O) groups is 2.